The number of rotatable bonds is 10. The summed E-state index contributed by atoms with van der Waals surface area (Å²) in [6.45, 7) is 3.16. The van der Waals surface area contributed by atoms with Crippen LogP contribution in [-0.2, 0) is 14.8 Å². The standard InChI is InChI=1S/C15H23ClN2O3S2/c1-3-18(23(2,20)21)11-4-10-17-15(19)9-12-22-14-7-5-13(16)6-8-14/h5-8H,3-4,9-12H2,1-2H3,(H,17,19). The summed E-state index contributed by atoms with van der Waals surface area (Å²) in [6.07, 6.45) is 2.23. The van der Waals surface area contributed by atoms with Crippen molar-refractivity contribution < 1.29 is 13.2 Å². The molecule has 23 heavy (non-hydrogen) atoms. The molecule has 5 nitrogen and oxygen atoms in total. The van der Waals surface area contributed by atoms with Gasteiger partial charge in [0.05, 0.1) is 6.26 Å². The topological polar surface area (TPSA) is 66.5 Å². The number of amides is 1. The van der Waals surface area contributed by atoms with Gasteiger partial charge in [0.2, 0.25) is 15.9 Å². The summed E-state index contributed by atoms with van der Waals surface area (Å²) in [5.74, 6) is 0.673. The largest absolute Gasteiger partial charge is 0.356 e. The smallest absolute Gasteiger partial charge is 0.220 e. The van der Waals surface area contributed by atoms with Crippen molar-refractivity contribution in [1.82, 2.24) is 9.62 Å². The molecule has 8 heteroatoms. The first-order valence-corrected chi connectivity index (χ1v) is 10.6. The molecular formula is C15H23ClN2O3S2. The van der Waals surface area contributed by atoms with Gasteiger partial charge in [-0.2, -0.15) is 0 Å². The molecule has 0 saturated carbocycles. The summed E-state index contributed by atoms with van der Waals surface area (Å²) >= 11 is 7.41. The second kappa shape index (κ2) is 10.2. The fourth-order valence-corrected chi connectivity index (χ4v) is 3.83. The first-order valence-electron chi connectivity index (χ1n) is 7.43. The van der Waals surface area contributed by atoms with E-state index in [0.29, 0.717) is 43.3 Å². The number of thioether (sulfide) groups is 1. The SMILES string of the molecule is CCN(CCCNC(=O)CCSc1ccc(Cl)cc1)S(C)(=O)=O. The maximum absolute atomic E-state index is 11.7. The average molecular weight is 379 g/mol. The molecule has 0 aliphatic heterocycles. The quantitative estimate of drug-likeness (QED) is 0.502. The molecule has 0 saturated heterocycles. The summed E-state index contributed by atoms with van der Waals surface area (Å²) < 4.78 is 24.2. The van der Waals surface area contributed by atoms with Crippen LogP contribution in [0.5, 0.6) is 0 Å². The van der Waals surface area contributed by atoms with E-state index in [0.717, 1.165) is 4.90 Å². The molecule has 0 radical (unpaired) electrons. The lowest BCUT2D eigenvalue weighted by atomic mass is 10.4. The lowest BCUT2D eigenvalue weighted by molar-refractivity contribution is -0.120. The highest BCUT2D eigenvalue weighted by Crippen LogP contribution is 2.20. The van der Waals surface area contributed by atoms with Crippen molar-refractivity contribution in [2.24, 2.45) is 0 Å². The second-order valence-electron chi connectivity index (χ2n) is 5.01. The van der Waals surface area contributed by atoms with E-state index in [9.17, 15) is 13.2 Å². The molecule has 0 spiro atoms. The fourth-order valence-electron chi connectivity index (χ4n) is 1.92. The minimum absolute atomic E-state index is 0.0196. The van der Waals surface area contributed by atoms with Crippen LogP contribution in [0.15, 0.2) is 29.2 Å². The summed E-state index contributed by atoms with van der Waals surface area (Å²) in [7, 11) is -3.16. The zero-order valence-electron chi connectivity index (χ0n) is 13.4. The van der Waals surface area contributed by atoms with Crippen molar-refractivity contribution >= 4 is 39.3 Å². The first kappa shape index (κ1) is 20.3. The number of halogens is 1. The van der Waals surface area contributed by atoms with E-state index in [1.165, 1.54) is 10.6 Å². The minimum atomic E-state index is -3.16. The van der Waals surface area contributed by atoms with Gasteiger partial charge in [-0.3, -0.25) is 4.79 Å². The maximum atomic E-state index is 11.7. The van der Waals surface area contributed by atoms with E-state index in [4.69, 9.17) is 11.6 Å². The van der Waals surface area contributed by atoms with Gasteiger partial charge in [0.15, 0.2) is 0 Å². The number of benzene rings is 1. The van der Waals surface area contributed by atoms with E-state index < -0.39 is 10.0 Å². The Kier molecular flexibility index (Phi) is 8.98. The summed E-state index contributed by atoms with van der Waals surface area (Å²) in [4.78, 5) is 12.8. The number of carbonyl (C=O) groups excluding carboxylic acids is 1. The predicted molar refractivity (Wildman–Crippen MR) is 96.5 cm³/mol. The van der Waals surface area contributed by atoms with Crippen LogP contribution in [0.1, 0.15) is 19.8 Å². The van der Waals surface area contributed by atoms with Crippen LogP contribution in [0.2, 0.25) is 5.02 Å². The molecule has 1 amide bonds. The second-order valence-corrected chi connectivity index (χ2v) is 8.60. The molecule has 1 aromatic carbocycles. The molecule has 0 bridgehead atoms. The van der Waals surface area contributed by atoms with Crippen molar-refractivity contribution in [3.05, 3.63) is 29.3 Å². The molecule has 0 fully saturated rings. The Morgan fingerprint density at radius 1 is 1.30 bits per heavy atom. The highest BCUT2D eigenvalue weighted by atomic mass is 35.5. The van der Waals surface area contributed by atoms with Gasteiger partial charge in [-0.15, -0.1) is 11.8 Å². The highest BCUT2D eigenvalue weighted by molar-refractivity contribution is 7.99. The maximum Gasteiger partial charge on any atom is 0.220 e. The molecule has 1 aromatic rings. The Morgan fingerprint density at radius 2 is 1.96 bits per heavy atom. The lowest BCUT2D eigenvalue weighted by Gasteiger charge is -2.17. The van der Waals surface area contributed by atoms with Crippen molar-refractivity contribution in [2.45, 2.75) is 24.7 Å². The monoisotopic (exact) mass is 378 g/mol. The van der Waals surface area contributed by atoms with Crippen molar-refractivity contribution in [1.29, 1.82) is 0 Å². The molecule has 0 atom stereocenters. The first-order chi connectivity index (χ1) is 10.8. The van der Waals surface area contributed by atoms with Gasteiger partial charge in [0.25, 0.3) is 0 Å². The third-order valence-corrected chi connectivity index (χ3v) is 5.78. The normalized spacial score (nSPS) is 11.7. The van der Waals surface area contributed by atoms with Crippen LogP contribution in [0.4, 0.5) is 0 Å². The Morgan fingerprint density at radius 3 is 2.52 bits per heavy atom. The molecule has 0 aliphatic rings. The van der Waals surface area contributed by atoms with Crippen LogP contribution < -0.4 is 5.32 Å². The van der Waals surface area contributed by atoms with Gasteiger partial charge in [0, 0.05) is 41.7 Å². The lowest BCUT2D eigenvalue weighted by Crippen LogP contribution is -2.33. The molecular weight excluding hydrogens is 356 g/mol. The number of sulfonamides is 1. The molecule has 1 N–H and O–H groups in total. The predicted octanol–water partition coefficient (Wildman–Crippen LogP) is 2.61. The van der Waals surface area contributed by atoms with E-state index >= 15 is 0 Å². The molecule has 1 rings (SSSR count). The van der Waals surface area contributed by atoms with Gasteiger partial charge in [-0.1, -0.05) is 18.5 Å². The van der Waals surface area contributed by atoms with Crippen LogP contribution in [0, 0.1) is 0 Å². The van der Waals surface area contributed by atoms with E-state index in [1.54, 1.807) is 18.7 Å². The Hall–Kier alpha value is -0.760. The summed E-state index contributed by atoms with van der Waals surface area (Å²) in [6, 6.07) is 7.50. The number of nitrogens with one attached hydrogen (secondary N) is 1. The summed E-state index contributed by atoms with van der Waals surface area (Å²) in [5, 5.41) is 3.51. The van der Waals surface area contributed by atoms with Crippen molar-refractivity contribution in [2.75, 3.05) is 31.6 Å². The van der Waals surface area contributed by atoms with E-state index in [2.05, 4.69) is 5.32 Å². The van der Waals surface area contributed by atoms with Crippen molar-refractivity contribution in [3.63, 3.8) is 0 Å². The van der Waals surface area contributed by atoms with Crippen LogP contribution in [-0.4, -0.2) is 50.3 Å². The van der Waals surface area contributed by atoms with Crippen LogP contribution >= 0.6 is 23.4 Å². The number of hydrogen-bond acceptors (Lipinski definition) is 4. The van der Waals surface area contributed by atoms with Gasteiger partial charge in [-0.05, 0) is 30.7 Å². The van der Waals surface area contributed by atoms with E-state index in [-0.39, 0.29) is 5.91 Å². The van der Waals surface area contributed by atoms with Crippen LogP contribution in [0.3, 0.4) is 0 Å². The molecule has 0 aromatic heterocycles. The number of hydrogen-bond donors (Lipinski definition) is 1. The molecule has 0 heterocycles. The fraction of sp³-hybridized carbons (Fsp3) is 0.533. The molecule has 130 valence electrons. The zero-order valence-corrected chi connectivity index (χ0v) is 15.8. The van der Waals surface area contributed by atoms with Gasteiger partial charge < -0.3 is 5.32 Å². The zero-order chi connectivity index (χ0) is 17.3. The Bertz CT molecular complexity index is 591. The van der Waals surface area contributed by atoms with Crippen LogP contribution in [0.25, 0.3) is 0 Å². The Balaban J connectivity index is 2.16. The number of carbonyl (C=O) groups is 1. The third kappa shape index (κ3) is 8.60. The Labute approximate surface area is 147 Å². The summed E-state index contributed by atoms with van der Waals surface area (Å²) in [5.41, 5.74) is 0. The molecule has 0 unspecified atom stereocenters. The van der Waals surface area contributed by atoms with Crippen molar-refractivity contribution in [3.8, 4) is 0 Å². The third-order valence-electron chi connectivity index (χ3n) is 3.14. The van der Waals surface area contributed by atoms with E-state index in [1.807, 2.05) is 24.3 Å². The van der Waals surface area contributed by atoms with Gasteiger partial charge >= 0.3 is 0 Å². The highest BCUT2D eigenvalue weighted by Gasteiger charge is 2.13. The van der Waals surface area contributed by atoms with Gasteiger partial charge in [-0.25, -0.2) is 12.7 Å². The van der Waals surface area contributed by atoms with Gasteiger partial charge in [0.1, 0.15) is 0 Å². The minimum Gasteiger partial charge on any atom is -0.356 e. The molecule has 0 aliphatic carbocycles. The number of nitrogens with zero attached hydrogens (tertiary/aromatic N) is 1. The average Bonchev–Trinajstić information content (AvgIpc) is 2.48.